The maximum absolute atomic E-state index is 12.8. The van der Waals surface area contributed by atoms with Gasteiger partial charge in [0, 0.05) is 19.0 Å². The molecule has 1 aliphatic rings. The SMILES string of the molecule is COc1ccc(OCCNC(=O)C2CCN(S(=O)(=O)Cc3ccccc3C)CC2)cc1. The number of carbonyl (C=O) groups is 1. The van der Waals surface area contributed by atoms with Crippen molar-refractivity contribution in [3.05, 3.63) is 59.7 Å². The van der Waals surface area contributed by atoms with Crippen molar-refractivity contribution in [1.82, 2.24) is 9.62 Å². The number of hydrogen-bond acceptors (Lipinski definition) is 5. The van der Waals surface area contributed by atoms with Crippen molar-refractivity contribution < 1.29 is 22.7 Å². The summed E-state index contributed by atoms with van der Waals surface area (Å²) in [5.41, 5.74) is 1.79. The van der Waals surface area contributed by atoms with Gasteiger partial charge in [-0.1, -0.05) is 24.3 Å². The number of nitrogens with zero attached hydrogens (tertiary/aromatic N) is 1. The van der Waals surface area contributed by atoms with Gasteiger partial charge in [0.05, 0.1) is 19.4 Å². The number of methoxy groups -OCH3 is 1. The first-order valence-electron chi connectivity index (χ1n) is 10.5. The van der Waals surface area contributed by atoms with Crippen molar-refractivity contribution in [2.24, 2.45) is 5.92 Å². The minimum Gasteiger partial charge on any atom is -0.497 e. The molecular weight excluding hydrogens is 416 g/mol. The molecule has 2 aromatic rings. The largest absolute Gasteiger partial charge is 0.497 e. The highest BCUT2D eigenvalue weighted by Gasteiger charge is 2.31. The Kier molecular flexibility index (Phi) is 7.92. The highest BCUT2D eigenvalue weighted by Crippen LogP contribution is 2.23. The molecule has 0 radical (unpaired) electrons. The fraction of sp³-hybridized carbons (Fsp3) is 0.435. The normalized spacial score (nSPS) is 15.4. The maximum Gasteiger partial charge on any atom is 0.223 e. The average molecular weight is 447 g/mol. The molecular formula is C23H30N2O5S. The van der Waals surface area contributed by atoms with Crippen LogP contribution in [0.2, 0.25) is 0 Å². The van der Waals surface area contributed by atoms with Crippen molar-refractivity contribution in [3.8, 4) is 11.5 Å². The van der Waals surface area contributed by atoms with Gasteiger partial charge in [-0.3, -0.25) is 4.79 Å². The summed E-state index contributed by atoms with van der Waals surface area (Å²) < 4.78 is 37.8. The van der Waals surface area contributed by atoms with E-state index in [1.807, 2.05) is 55.5 Å². The number of sulfonamides is 1. The molecule has 0 spiro atoms. The molecule has 0 unspecified atom stereocenters. The third kappa shape index (κ3) is 6.45. The van der Waals surface area contributed by atoms with Gasteiger partial charge in [-0.05, 0) is 55.2 Å². The van der Waals surface area contributed by atoms with Crippen LogP contribution in [0.25, 0.3) is 0 Å². The van der Waals surface area contributed by atoms with Crippen LogP contribution in [0.5, 0.6) is 11.5 Å². The highest BCUT2D eigenvalue weighted by molar-refractivity contribution is 7.88. The van der Waals surface area contributed by atoms with Crippen LogP contribution in [0.1, 0.15) is 24.0 Å². The molecule has 1 saturated heterocycles. The smallest absolute Gasteiger partial charge is 0.223 e. The van der Waals surface area contributed by atoms with E-state index in [0.29, 0.717) is 44.8 Å². The molecule has 1 N–H and O–H groups in total. The van der Waals surface area contributed by atoms with E-state index >= 15 is 0 Å². The number of nitrogens with one attached hydrogen (secondary N) is 1. The molecule has 1 amide bonds. The van der Waals surface area contributed by atoms with Crippen LogP contribution in [0.15, 0.2) is 48.5 Å². The predicted octanol–water partition coefficient (Wildman–Crippen LogP) is 2.74. The van der Waals surface area contributed by atoms with E-state index in [1.165, 1.54) is 4.31 Å². The summed E-state index contributed by atoms with van der Waals surface area (Å²) in [6.07, 6.45) is 1.05. The van der Waals surface area contributed by atoms with Gasteiger partial charge in [0.25, 0.3) is 0 Å². The summed E-state index contributed by atoms with van der Waals surface area (Å²) in [6, 6.07) is 14.8. The minimum absolute atomic E-state index is 0.000758. The molecule has 8 heteroatoms. The first kappa shape index (κ1) is 23.1. The third-order valence-electron chi connectivity index (χ3n) is 5.55. The summed E-state index contributed by atoms with van der Waals surface area (Å²) >= 11 is 0. The lowest BCUT2D eigenvalue weighted by Crippen LogP contribution is -2.44. The van der Waals surface area contributed by atoms with Crippen molar-refractivity contribution in [2.75, 3.05) is 33.4 Å². The van der Waals surface area contributed by atoms with Crippen LogP contribution in [0.3, 0.4) is 0 Å². The molecule has 3 rings (SSSR count). The third-order valence-corrected chi connectivity index (χ3v) is 7.37. The molecule has 1 heterocycles. The van der Waals surface area contributed by atoms with Crippen LogP contribution in [-0.2, 0) is 20.6 Å². The lowest BCUT2D eigenvalue weighted by molar-refractivity contribution is -0.126. The second-order valence-electron chi connectivity index (χ2n) is 7.67. The Morgan fingerprint density at radius 2 is 1.71 bits per heavy atom. The fourth-order valence-corrected chi connectivity index (χ4v) is 5.28. The van der Waals surface area contributed by atoms with Crippen LogP contribution in [0.4, 0.5) is 0 Å². The Morgan fingerprint density at radius 3 is 2.35 bits per heavy atom. The monoisotopic (exact) mass is 446 g/mol. The zero-order valence-corrected chi connectivity index (χ0v) is 18.9. The Labute approximate surface area is 184 Å². The van der Waals surface area contributed by atoms with Crippen LogP contribution in [0, 0.1) is 12.8 Å². The van der Waals surface area contributed by atoms with Crippen molar-refractivity contribution in [1.29, 1.82) is 0 Å². The molecule has 0 atom stereocenters. The quantitative estimate of drug-likeness (QED) is 0.599. The Hall–Kier alpha value is -2.58. The number of benzene rings is 2. The van der Waals surface area contributed by atoms with Gasteiger partial charge in [0.1, 0.15) is 18.1 Å². The summed E-state index contributed by atoms with van der Waals surface area (Å²) in [7, 11) is -1.79. The zero-order chi connectivity index (χ0) is 22.3. The summed E-state index contributed by atoms with van der Waals surface area (Å²) in [4.78, 5) is 12.4. The molecule has 0 saturated carbocycles. The van der Waals surface area contributed by atoms with Gasteiger partial charge >= 0.3 is 0 Å². The summed E-state index contributed by atoms with van der Waals surface area (Å²) in [6.45, 7) is 3.42. The van der Waals surface area contributed by atoms with Crippen LogP contribution < -0.4 is 14.8 Å². The average Bonchev–Trinajstić information content (AvgIpc) is 2.78. The fourth-order valence-electron chi connectivity index (χ4n) is 3.62. The number of carbonyl (C=O) groups excluding carboxylic acids is 1. The molecule has 0 aliphatic carbocycles. The maximum atomic E-state index is 12.8. The topological polar surface area (TPSA) is 84.9 Å². The predicted molar refractivity (Wildman–Crippen MR) is 120 cm³/mol. The number of piperidine rings is 1. The van der Waals surface area contributed by atoms with E-state index in [-0.39, 0.29) is 17.6 Å². The summed E-state index contributed by atoms with van der Waals surface area (Å²) in [5, 5.41) is 2.89. The molecule has 1 fully saturated rings. The second-order valence-corrected chi connectivity index (χ2v) is 9.64. The number of amides is 1. The Balaban J connectivity index is 1.40. The number of rotatable bonds is 9. The van der Waals surface area contributed by atoms with E-state index < -0.39 is 10.0 Å². The molecule has 31 heavy (non-hydrogen) atoms. The zero-order valence-electron chi connectivity index (χ0n) is 18.0. The lowest BCUT2D eigenvalue weighted by atomic mass is 9.97. The number of aryl methyl sites for hydroxylation is 1. The van der Waals surface area contributed by atoms with Gasteiger partial charge in [0.15, 0.2) is 0 Å². The van der Waals surface area contributed by atoms with E-state index in [1.54, 1.807) is 7.11 Å². The van der Waals surface area contributed by atoms with E-state index in [4.69, 9.17) is 9.47 Å². The molecule has 7 nitrogen and oxygen atoms in total. The van der Waals surface area contributed by atoms with Crippen LogP contribution in [-0.4, -0.2) is 52.0 Å². The first-order valence-corrected chi connectivity index (χ1v) is 12.1. The summed E-state index contributed by atoms with van der Waals surface area (Å²) in [5.74, 6) is 1.24. The second kappa shape index (κ2) is 10.6. The van der Waals surface area contributed by atoms with E-state index in [2.05, 4.69) is 5.32 Å². The molecule has 0 aromatic heterocycles. The van der Waals surface area contributed by atoms with E-state index in [9.17, 15) is 13.2 Å². The molecule has 1 aliphatic heterocycles. The van der Waals surface area contributed by atoms with Crippen molar-refractivity contribution in [2.45, 2.75) is 25.5 Å². The standard InChI is InChI=1S/C23H30N2O5S/c1-18-5-3-4-6-20(18)17-31(27,28)25-14-11-19(12-15-25)23(26)24-13-16-30-22-9-7-21(29-2)8-10-22/h3-10,19H,11-17H2,1-2H3,(H,24,26). The molecule has 0 bridgehead atoms. The number of hydrogen-bond donors (Lipinski definition) is 1. The van der Waals surface area contributed by atoms with Gasteiger partial charge in [0.2, 0.25) is 15.9 Å². The lowest BCUT2D eigenvalue weighted by Gasteiger charge is -2.30. The van der Waals surface area contributed by atoms with Gasteiger partial charge in [-0.15, -0.1) is 0 Å². The van der Waals surface area contributed by atoms with Gasteiger partial charge in [-0.25, -0.2) is 12.7 Å². The van der Waals surface area contributed by atoms with Crippen molar-refractivity contribution >= 4 is 15.9 Å². The highest BCUT2D eigenvalue weighted by atomic mass is 32.2. The van der Waals surface area contributed by atoms with Gasteiger partial charge in [-0.2, -0.15) is 0 Å². The Morgan fingerprint density at radius 1 is 1.06 bits per heavy atom. The molecule has 2 aromatic carbocycles. The molecule has 168 valence electrons. The minimum atomic E-state index is -3.39. The van der Waals surface area contributed by atoms with Gasteiger partial charge < -0.3 is 14.8 Å². The number of ether oxygens (including phenoxy) is 2. The first-order chi connectivity index (χ1) is 14.9. The van der Waals surface area contributed by atoms with E-state index in [0.717, 1.165) is 16.9 Å². The Bertz CT molecular complexity index is 968. The van der Waals surface area contributed by atoms with Crippen LogP contribution >= 0.6 is 0 Å². The van der Waals surface area contributed by atoms with Crippen molar-refractivity contribution in [3.63, 3.8) is 0 Å².